The van der Waals surface area contributed by atoms with Gasteiger partial charge in [-0.1, -0.05) is 0 Å². The van der Waals surface area contributed by atoms with E-state index in [0.717, 1.165) is 12.8 Å². The van der Waals surface area contributed by atoms with Crippen molar-refractivity contribution in [3.05, 3.63) is 30.3 Å². The van der Waals surface area contributed by atoms with Crippen molar-refractivity contribution in [3.63, 3.8) is 0 Å². The van der Waals surface area contributed by atoms with E-state index >= 15 is 0 Å². The molecule has 2 rings (SSSR count). The van der Waals surface area contributed by atoms with Crippen LogP contribution in [0.2, 0.25) is 5.32 Å². The second-order valence-corrected chi connectivity index (χ2v) is 6.84. The zero-order valence-electron chi connectivity index (χ0n) is 9.89. The second kappa shape index (κ2) is 5.11. The third-order valence-corrected chi connectivity index (χ3v) is 5.51. The Bertz CT molecular complexity index is 363. The zero-order chi connectivity index (χ0) is 11.4. The molecular weight excluding hydrogens is 263 g/mol. The minimum atomic E-state index is 0.122. The summed E-state index contributed by atoms with van der Waals surface area (Å²) in [6.45, 7) is 4.41. The van der Waals surface area contributed by atoms with E-state index in [4.69, 9.17) is 0 Å². The van der Waals surface area contributed by atoms with Crippen LogP contribution in [0.4, 0.5) is 0 Å². The monoisotopic (exact) mass is 282 g/mol. The predicted octanol–water partition coefficient (Wildman–Crippen LogP) is 2.83. The summed E-state index contributed by atoms with van der Waals surface area (Å²) >= 11 is 0.546. The van der Waals surface area contributed by atoms with E-state index in [-0.39, 0.29) is 5.54 Å². The molecule has 1 aromatic rings. The van der Waals surface area contributed by atoms with Crippen LogP contribution in [0.1, 0.15) is 26.7 Å². The first kappa shape index (κ1) is 11.8. The Morgan fingerprint density at radius 2 is 2.12 bits per heavy atom. The Balaban J connectivity index is 1.83. The molecule has 0 radical (unpaired) electrons. The van der Waals surface area contributed by atoms with Crippen molar-refractivity contribution in [2.24, 2.45) is 10.2 Å². The van der Waals surface area contributed by atoms with Gasteiger partial charge in [-0.15, -0.1) is 0 Å². The first-order chi connectivity index (χ1) is 7.72. The number of hydrogen-bond donors (Lipinski definition) is 0. The van der Waals surface area contributed by atoms with Crippen LogP contribution in [-0.4, -0.2) is 26.5 Å². The molecule has 0 bridgehead atoms. The standard InChI is InChI=1S/C13H18N2Se/c1-3-13(2)9-11(14-15-13)10-16-12-7-5-4-6-8-12/h4-8,11H,3,9-10H2,1-2H3. The quantitative estimate of drug-likeness (QED) is 0.758. The normalized spacial score (nSPS) is 28.5. The minimum absolute atomic E-state index is 0.122. The molecule has 0 amide bonds. The summed E-state index contributed by atoms with van der Waals surface area (Å²) in [6, 6.07) is 11.2. The molecule has 1 aliphatic heterocycles. The first-order valence-electron chi connectivity index (χ1n) is 5.82. The van der Waals surface area contributed by atoms with Gasteiger partial charge in [0.15, 0.2) is 0 Å². The molecule has 0 saturated heterocycles. The molecule has 1 heterocycles. The summed E-state index contributed by atoms with van der Waals surface area (Å²) in [4.78, 5) is 0. The van der Waals surface area contributed by atoms with Crippen LogP contribution in [0, 0.1) is 0 Å². The number of nitrogens with zero attached hydrogens (tertiary/aromatic N) is 2. The van der Waals surface area contributed by atoms with E-state index in [9.17, 15) is 0 Å². The number of benzene rings is 1. The topological polar surface area (TPSA) is 24.7 Å². The fourth-order valence-electron chi connectivity index (χ4n) is 1.83. The summed E-state index contributed by atoms with van der Waals surface area (Å²) in [5, 5.41) is 10.0. The number of rotatable bonds is 4. The summed E-state index contributed by atoms with van der Waals surface area (Å²) in [6.07, 6.45) is 2.24. The Morgan fingerprint density at radius 1 is 1.38 bits per heavy atom. The molecule has 0 aliphatic carbocycles. The van der Waals surface area contributed by atoms with E-state index in [2.05, 4.69) is 54.4 Å². The fraction of sp³-hybridized carbons (Fsp3) is 0.538. The summed E-state index contributed by atoms with van der Waals surface area (Å²) in [7, 11) is 0. The zero-order valence-corrected chi connectivity index (χ0v) is 11.6. The van der Waals surface area contributed by atoms with E-state index in [1.807, 2.05) is 0 Å². The predicted molar refractivity (Wildman–Crippen MR) is 68.6 cm³/mol. The van der Waals surface area contributed by atoms with E-state index in [1.54, 1.807) is 0 Å². The van der Waals surface area contributed by atoms with Crippen LogP contribution in [-0.2, 0) is 0 Å². The van der Waals surface area contributed by atoms with Gasteiger partial charge in [-0.3, -0.25) is 0 Å². The first-order valence-corrected chi connectivity index (χ1v) is 7.88. The molecule has 86 valence electrons. The van der Waals surface area contributed by atoms with Gasteiger partial charge in [0, 0.05) is 0 Å². The maximum atomic E-state index is 4.42. The van der Waals surface area contributed by atoms with Gasteiger partial charge in [-0.2, -0.15) is 0 Å². The average molecular weight is 281 g/mol. The van der Waals surface area contributed by atoms with Crippen molar-refractivity contribution in [1.29, 1.82) is 0 Å². The Hall–Kier alpha value is -0.661. The molecule has 16 heavy (non-hydrogen) atoms. The number of hydrogen-bond acceptors (Lipinski definition) is 2. The Morgan fingerprint density at radius 3 is 2.75 bits per heavy atom. The maximum absolute atomic E-state index is 4.42. The van der Waals surface area contributed by atoms with Gasteiger partial charge in [0.25, 0.3) is 0 Å². The molecular formula is C13H18N2Se. The molecule has 0 fully saturated rings. The number of azo groups is 1. The van der Waals surface area contributed by atoms with Crippen LogP contribution in [0.15, 0.2) is 40.6 Å². The molecule has 1 aromatic carbocycles. The van der Waals surface area contributed by atoms with Gasteiger partial charge in [-0.25, -0.2) is 0 Å². The molecule has 0 N–H and O–H groups in total. The SMILES string of the molecule is CCC1(C)CC(C[Se]c2ccccc2)N=N1. The van der Waals surface area contributed by atoms with Crippen LogP contribution >= 0.6 is 0 Å². The van der Waals surface area contributed by atoms with Crippen molar-refractivity contribution in [2.45, 2.75) is 43.6 Å². The Labute approximate surface area is 104 Å². The van der Waals surface area contributed by atoms with Crippen molar-refractivity contribution < 1.29 is 0 Å². The van der Waals surface area contributed by atoms with E-state index in [0.29, 0.717) is 21.0 Å². The van der Waals surface area contributed by atoms with Gasteiger partial charge in [0.05, 0.1) is 0 Å². The molecule has 2 unspecified atom stereocenters. The third kappa shape index (κ3) is 2.93. The average Bonchev–Trinajstić information content (AvgIpc) is 2.71. The third-order valence-electron chi connectivity index (χ3n) is 3.09. The van der Waals surface area contributed by atoms with Crippen molar-refractivity contribution >= 4 is 19.4 Å². The molecule has 3 heteroatoms. The van der Waals surface area contributed by atoms with Gasteiger partial charge >= 0.3 is 104 Å². The molecule has 2 nitrogen and oxygen atoms in total. The summed E-state index contributed by atoms with van der Waals surface area (Å²) < 4.78 is 1.47. The van der Waals surface area contributed by atoms with Crippen LogP contribution in [0.25, 0.3) is 0 Å². The second-order valence-electron chi connectivity index (χ2n) is 4.55. The van der Waals surface area contributed by atoms with Crippen LogP contribution in [0.3, 0.4) is 0 Å². The van der Waals surface area contributed by atoms with Crippen LogP contribution < -0.4 is 4.46 Å². The van der Waals surface area contributed by atoms with Gasteiger partial charge in [0.2, 0.25) is 0 Å². The van der Waals surface area contributed by atoms with Crippen LogP contribution in [0.5, 0.6) is 0 Å². The van der Waals surface area contributed by atoms with Crippen molar-refractivity contribution in [3.8, 4) is 0 Å². The van der Waals surface area contributed by atoms with Gasteiger partial charge in [-0.05, 0) is 0 Å². The molecule has 0 spiro atoms. The molecule has 2 atom stereocenters. The van der Waals surface area contributed by atoms with Gasteiger partial charge < -0.3 is 0 Å². The molecule has 0 saturated carbocycles. The van der Waals surface area contributed by atoms with Crippen molar-refractivity contribution in [1.82, 2.24) is 0 Å². The summed E-state index contributed by atoms with van der Waals surface area (Å²) in [5.41, 5.74) is 0.122. The molecule has 1 aliphatic rings. The molecule has 0 aromatic heterocycles. The van der Waals surface area contributed by atoms with E-state index in [1.165, 1.54) is 9.78 Å². The Kier molecular flexibility index (Phi) is 3.78. The summed E-state index contributed by atoms with van der Waals surface area (Å²) in [5.74, 6) is 0. The van der Waals surface area contributed by atoms with E-state index < -0.39 is 0 Å². The van der Waals surface area contributed by atoms with Crippen molar-refractivity contribution in [2.75, 3.05) is 0 Å². The van der Waals surface area contributed by atoms with Gasteiger partial charge in [0.1, 0.15) is 0 Å². The fourth-order valence-corrected chi connectivity index (χ4v) is 3.75.